The lowest BCUT2D eigenvalue weighted by molar-refractivity contribution is 0.0445. The van der Waals surface area contributed by atoms with Gasteiger partial charge in [0, 0.05) is 17.2 Å². The van der Waals surface area contributed by atoms with E-state index < -0.39 is 12.2 Å². The summed E-state index contributed by atoms with van der Waals surface area (Å²) in [5, 5.41) is 19.5. The summed E-state index contributed by atoms with van der Waals surface area (Å²) in [6, 6.07) is 8.24. The fourth-order valence-corrected chi connectivity index (χ4v) is 3.58. The Hall–Kier alpha value is -0.710. The summed E-state index contributed by atoms with van der Waals surface area (Å²) >= 11 is 1.76. The summed E-state index contributed by atoms with van der Waals surface area (Å²) in [6.07, 6.45) is -1.22. The normalized spacial score (nSPS) is 33.7. The van der Waals surface area contributed by atoms with Crippen molar-refractivity contribution in [1.29, 1.82) is 0 Å². The molecule has 0 amide bonds. The highest BCUT2D eigenvalue weighted by atomic mass is 32.2. The minimum Gasteiger partial charge on any atom is -0.388 e. The fraction of sp³-hybridized carbons (Fsp3) is 0.455. The highest BCUT2D eigenvalue weighted by Gasteiger charge is 2.42. The molecule has 1 aromatic carbocycles. The van der Waals surface area contributed by atoms with Gasteiger partial charge in [-0.25, -0.2) is 0 Å². The number of anilines is 1. The maximum Gasteiger partial charge on any atom is 0.103 e. The van der Waals surface area contributed by atoms with Gasteiger partial charge >= 0.3 is 0 Å². The van der Waals surface area contributed by atoms with Crippen LogP contribution < -0.4 is 4.90 Å². The number of rotatable bonds is 0. The third-order valence-corrected chi connectivity index (χ3v) is 4.32. The van der Waals surface area contributed by atoms with Gasteiger partial charge in [0.25, 0.3) is 0 Å². The number of aliphatic hydroxyl groups is 2. The van der Waals surface area contributed by atoms with Crippen molar-refractivity contribution in [3.8, 4) is 0 Å². The van der Waals surface area contributed by atoms with Crippen LogP contribution in [0.15, 0.2) is 29.2 Å². The highest BCUT2D eigenvalue weighted by molar-refractivity contribution is 7.99. The van der Waals surface area contributed by atoms with E-state index in [0.29, 0.717) is 6.54 Å². The van der Waals surface area contributed by atoms with Crippen LogP contribution >= 0.6 is 11.8 Å². The maximum atomic E-state index is 9.81. The van der Waals surface area contributed by atoms with Gasteiger partial charge in [-0.15, -0.1) is 11.8 Å². The zero-order chi connectivity index (χ0) is 10.4. The Balaban J connectivity index is 2.01. The predicted molar refractivity (Wildman–Crippen MR) is 60.3 cm³/mol. The molecule has 2 aliphatic rings. The number of fused-ring (bicyclic) bond motifs is 3. The van der Waals surface area contributed by atoms with E-state index in [2.05, 4.69) is 17.0 Å². The van der Waals surface area contributed by atoms with Crippen molar-refractivity contribution in [2.45, 2.75) is 23.1 Å². The minimum absolute atomic E-state index is 0.0694. The highest BCUT2D eigenvalue weighted by Crippen LogP contribution is 2.40. The Kier molecular flexibility index (Phi) is 2.16. The standard InChI is InChI=1S/C11H13NO2S/c13-9-5-12-7-3-1-2-4-10(7)15-6-8(12)11(9)14/h1-4,8-9,11,13-14H,5-6H2/t8-,9+,11-/m1/s1. The molecule has 0 spiro atoms. The second-order valence-electron chi connectivity index (χ2n) is 4.06. The molecule has 2 heterocycles. The van der Waals surface area contributed by atoms with Gasteiger partial charge < -0.3 is 15.1 Å². The Morgan fingerprint density at radius 2 is 2.07 bits per heavy atom. The number of hydrogen-bond donors (Lipinski definition) is 2. The molecule has 3 nitrogen and oxygen atoms in total. The Bertz CT molecular complexity index is 385. The smallest absolute Gasteiger partial charge is 0.103 e. The van der Waals surface area contributed by atoms with Gasteiger partial charge in [-0.1, -0.05) is 12.1 Å². The monoisotopic (exact) mass is 223 g/mol. The van der Waals surface area contributed by atoms with Crippen molar-refractivity contribution >= 4 is 17.4 Å². The van der Waals surface area contributed by atoms with E-state index in [1.165, 1.54) is 4.90 Å². The summed E-state index contributed by atoms with van der Waals surface area (Å²) in [4.78, 5) is 3.37. The summed E-state index contributed by atoms with van der Waals surface area (Å²) in [7, 11) is 0. The Labute approximate surface area is 92.7 Å². The average Bonchev–Trinajstić information content (AvgIpc) is 2.56. The molecule has 0 aliphatic carbocycles. The molecule has 1 aromatic rings. The van der Waals surface area contributed by atoms with E-state index in [1.54, 1.807) is 11.8 Å². The zero-order valence-electron chi connectivity index (χ0n) is 8.21. The molecule has 2 aliphatic heterocycles. The summed E-state index contributed by atoms with van der Waals surface area (Å²) < 4.78 is 0. The molecule has 1 saturated heterocycles. The molecular formula is C11H13NO2S. The van der Waals surface area contributed by atoms with E-state index in [0.717, 1.165) is 11.4 Å². The van der Waals surface area contributed by atoms with Gasteiger partial charge in [-0.3, -0.25) is 0 Å². The number of para-hydroxylation sites is 1. The van der Waals surface area contributed by atoms with Gasteiger partial charge in [-0.05, 0) is 12.1 Å². The lowest BCUT2D eigenvalue weighted by atomic mass is 10.1. The minimum atomic E-state index is -0.609. The molecule has 80 valence electrons. The van der Waals surface area contributed by atoms with Crippen molar-refractivity contribution in [3.05, 3.63) is 24.3 Å². The zero-order valence-corrected chi connectivity index (χ0v) is 9.02. The van der Waals surface area contributed by atoms with Gasteiger partial charge in [0.05, 0.1) is 17.8 Å². The van der Waals surface area contributed by atoms with Crippen LogP contribution in [0.25, 0.3) is 0 Å². The van der Waals surface area contributed by atoms with E-state index in [4.69, 9.17) is 0 Å². The first kappa shape index (κ1) is 9.51. The number of hydrogen-bond acceptors (Lipinski definition) is 4. The van der Waals surface area contributed by atoms with Crippen molar-refractivity contribution in [2.24, 2.45) is 0 Å². The molecule has 1 fully saturated rings. The molecule has 15 heavy (non-hydrogen) atoms. The quantitative estimate of drug-likeness (QED) is 0.679. The van der Waals surface area contributed by atoms with Crippen molar-refractivity contribution in [1.82, 2.24) is 0 Å². The van der Waals surface area contributed by atoms with Gasteiger partial charge in [0.2, 0.25) is 0 Å². The van der Waals surface area contributed by atoms with E-state index in [1.807, 2.05) is 12.1 Å². The second-order valence-corrected chi connectivity index (χ2v) is 5.12. The molecule has 0 saturated carbocycles. The number of nitrogens with zero attached hydrogens (tertiary/aromatic N) is 1. The Morgan fingerprint density at radius 1 is 1.27 bits per heavy atom. The van der Waals surface area contributed by atoms with E-state index >= 15 is 0 Å². The lowest BCUT2D eigenvalue weighted by Crippen LogP contribution is -2.40. The van der Waals surface area contributed by atoms with E-state index in [-0.39, 0.29) is 6.04 Å². The van der Waals surface area contributed by atoms with Crippen LogP contribution in [0.3, 0.4) is 0 Å². The van der Waals surface area contributed by atoms with Crippen molar-refractivity contribution in [3.63, 3.8) is 0 Å². The van der Waals surface area contributed by atoms with Crippen LogP contribution in [0.1, 0.15) is 0 Å². The van der Waals surface area contributed by atoms with Gasteiger partial charge in [0.15, 0.2) is 0 Å². The first-order valence-corrected chi connectivity index (χ1v) is 6.10. The largest absolute Gasteiger partial charge is 0.388 e. The third kappa shape index (κ3) is 1.36. The lowest BCUT2D eigenvalue weighted by Gasteiger charge is -2.33. The first-order chi connectivity index (χ1) is 7.27. The number of thioether (sulfide) groups is 1. The molecule has 2 N–H and O–H groups in total. The second kappa shape index (κ2) is 3.40. The van der Waals surface area contributed by atoms with E-state index in [9.17, 15) is 10.2 Å². The van der Waals surface area contributed by atoms with Gasteiger partial charge in [-0.2, -0.15) is 0 Å². The fourth-order valence-electron chi connectivity index (χ4n) is 2.34. The summed E-state index contributed by atoms with van der Waals surface area (Å²) in [6.45, 7) is 0.545. The van der Waals surface area contributed by atoms with Crippen LogP contribution in [0, 0.1) is 0 Å². The number of benzene rings is 1. The molecule has 0 bridgehead atoms. The van der Waals surface area contributed by atoms with Crippen LogP contribution in [0.4, 0.5) is 5.69 Å². The van der Waals surface area contributed by atoms with Crippen LogP contribution in [0.5, 0.6) is 0 Å². The topological polar surface area (TPSA) is 43.7 Å². The molecule has 3 atom stereocenters. The SMILES string of the molecule is O[C@@H]1[C@H]2CSc3ccccc3N2C[C@@H]1O. The average molecular weight is 223 g/mol. The third-order valence-electron chi connectivity index (χ3n) is 3.16. The van der Waals surface area contributed by atoms with Gasteiger partial charge in [0.1, 0.15) is 6.10 Å². The Morgan fingerprint density at radius 3 is 2.93 bits per heavy atom. The predicted octanol–water partition coefficient (Wildman–Crippen LogP) is 0.703. The number of aliphatic hydroxyl groups excluding tert-OH is 2. The van der Waals surface area contributed by atoms with Crippen LogP contribution in [0.2, 0.25) is 0 Å². The molecular weight excluding hydrogens is 210 g/mol. The van der Waals surface area contributed by atoms with Crippen LogP contribution in [-0.2, 0) is 0 Å². The van der Waals surface area contributed by atoms with Crippen molar-refractivity contribution in [2.75, 3.05) is 17.2 Å². The summed E-state index contributed by atoms with van der Waals surface area (Å²) in [5.74, 6) is 0.856. The van der Waals surface area contributed by atoms with Crippen molar-refractivity contribution < 1.29 is 10.2 Å². The first-order valence-electron chi connectivity index (χ1n) is 5.12. The molecule has 4 heteroatoms. The summed E-state index contributed by atoms with van der Waals surface area (Å²) in [5.41, 5.74) is 1.15. The maximum absolute atomic E-state index is 9.81. The molecule has 0 aromatic heterocycles. The van der Waals surface area contributed by atoms with Crippen LogP contribution in [-0.4, -0.2) is 40.8 Å². The molecule has 3 rings (SSSR count). The molecule has 0 radical (unpaired) electrons. The molecule has 0 unspecified atom stereocenters.